The molecule has 1 fully saturated rings. The van der Waals surface area contributed by atoms with Gasteiger partial charge in [0.2, 0.25) is 11.8 Å². The van der Waals surface area contributed by atoms with Crippen LogP contribution < -0.4 is 10.6 Å². The highest BCUT2D eigenvalue weighted by atomic mass is 16.2. The molecular weight excluding hydrogens is 304 g/mol. The fourth-order valence-corrected chi connectivity index (χ4v) is 3.00. The number of carbonyl (C=O) groups excluding carboxylic acids is 2. The van der Waals surface area contributed by atoms with Gasteiger partial charge in [-0.15, -0.1) is 0 Å². The summed E-state index contributed by atoms with van der Waals surface area (Å²) in [6.45, 7) is 2.61. The first-order valence-electron chi connectivity index (χ1n) is 8.23. The van der Waals surface area contributed by atoms with Crippen LogP contribution in [-0.4, -0.2) is 33.4 Å². The second-order valence-electron chi connectivity index (χ2n) is 6.24. The molecule has 0 aliphatic carbocycles. The Kier molecular flexibility index (Phi) is 4.93. The van der Waals surface area contributed by atoms with Crippen molar-refractivity contribution >= 4 is 11.8 Å². The van der Waals surface area contributed by atoms with Crippen LogP contribution in [-0.2, 0) is 22.6 Å². The summed E-state index contributed by atoms with van der Waals surface area (Å²) >= 11 is 0. The molecule has 0 saturated carbocycles. The normalized spacial score (nSPS) is 20.5. The fraction of sp³-hybridized carbons (Fsp3) is 0.389. The van der Waals surface area contributed by atoms with E-state index in [0.29, 0.717) is 19.4 Å². The minimum absolute atomic E-state index is 0.0132. The molecule has 2 amide bonds. The number of nitrogens with one attached hydrogen (secondary N) is 2. The van der Waals surface area contributed by atoms with Crippen molar-refractivity contribution in [2.75, 3.05) is 0 Å². The number of carbonyl (C=O) groups is 2. The molecule has 0 bridgehead atoms. The van der Waals surface area contributed by atoms with Crippen molar-refractivity contribution in [3.63, 3.8) is 0 Å². The third-order valence-corrected chi connectivity index (χ3v) is 4.36. The largest absolute Gasteiger partial charge is 0.352 e. The number of rotatable bonds is 5. The van der Waals surface area contributed by atoms with Crippen LogP contribution in [0.2, 0.25) is 0 Å². The van der Waals surface area contributed by atoms with Crippen LogP contribution in [0.25, 0.3) is 0 Å². The summed E-state index contributed by atoms with van der Waals surface area (Å²) in [5, 5.41) is 5.89. The molecule has 2 unspecified atom stereocenters. The van der Waals surface area contributed by atoms with Gasteiger partial charge in [-0.25, -0.2) is 4.98 Å². The molecule has 1 aliphatic rings. The quantitative estimate of drug-likeness (QED) is 0.868. The highest BCUT2D eigenvalue weighted by Gasteiger charge is 2.26. The van der Waals surface area contributed by atoms with E-state index in [1.54, 1.807) is 12.5 Å². The minimum atomic E-state index is -0.0437. The van der Waals surface area contributed by atoms with Crippen LogP contribution in [0.3, 0.4) is 0 Å². The first-order chi connectivity index (χ1) is 11.6. The molecule has 6 nitrogen and oxygen atoms in total. The zero-order chi connectivity index (χ0) is 16.9. The van der Waals surface area contributed by atoms with Gasteiger partial charge in [0.05, 0.1) is 12.7 Å². The Morgan fingerprint density at radius 1 is 1.38 bits per heavy atom. The first kappa shape index (κ1) is 16.2. The van der Waals surface area contributed by atoms with Crippen LogP contribution in [0.5, 0.6) is 0 Å². The van der Waals surface area contributed by atoms with E-state index in [0.717, 1.165) is 5.69 Å². The van der Waals surface area contributed by atoms with Crippen LogP contribution in [0, 0.1) is 0 Å². The van der Waals surface area contributed by atoms with E-state index in [1.807, 2.05) is 29.7 Å². The van der Waals surface area contributed by atoms with Gasteiger partial charge in [0.25, 0.3) is 0 Å². The average molecular weight is 326 g/mol. The maximum absolute atomic E-state index is 12.3. The Bertz CT molecular complexity index is 711. The van der Waals surface area contributed by atoms with Crippen molar-refractivity contribution < 1.29 is 9.59 Å². The van der Waals surface area contributed by atoms with E-state index in [-0.39, 0.29) is 30.3 Å². The Morgan fingerprint density at radius 2 is 2.17 bits per heavy atom. The van der Waals surface area contributed by atoms with Gasteiger partial charge in [-0.2, -0.15) is 0 Å². The maximum Gasteiger partial charge on any atom is 0.226 e. The standard InChI is InChI=1S/C18H22N4O2/c1-13-16(7-8-17(23)20-13)21-18(24)9-15-10-19-12-22(15)11-14-5-3-2-4-6-14/h2-6,10,12-13,16H,7-9,11H2,1H3,(H,20,23)(H,21,24). The summed E-state index contributed by atoms with van der Waals surface area (Å²) in [6.07, 6.45) is 4.90. The number of nitrogens with zero attached hydrogens (tertiary/aromatic N) is 2. The molecule has 1 aromatic carbocycles. The number of hydrogen-bond acceptors (Lipinski definition) is 3. The van der Waals surface area contributed by atoms with Gasteiger partial charge in [-0.05, 0) is 18.9 Å². The van der Waals surface area contributed by atoms with Gasteiger partial charge in [0, 0.05) is 36.9 Å². The molecule has 2 N–H and O–H groups in total. The number of amides is 2. The molecule has 0 radical (unpaired) electrons. The molecule has 2 atom stereocenters. The molecular formula is C18H22N4O2. The molecule has 2 heterocycles. The van der Waals surface area contributed by atoms with E-state index in [2.05, 4.69) is 27.8 Å². The van der Waals surface area contributed by atoms with Crippen molar-refractivity contribution in [1.29, 1.82) is 0 Å². The SMILES string of the molecule is CC1NC(=O)CCC1NC(=O)Cc1cncn1Cc1ccccc1. The van der Waals surface area contributed by atoms with Crippen molar-refractivity contribution in [3.8, 4) is 0 Å². The lowest BCUT2D eigenvalue weighted by Crippen LogP contribution is -2.54. The van der Waals surface area contributed by atoms with Crippen molar-refractivity contribution in [2.24, 2.45) is 0 Å². The number of piperidine rings is 1. The summed E-state index contributed by atoms with van der Waals surface area (Å²) in [4.78, 5) is 27.9. The number of benzene rings is 1. The lowest BCUT2D eigenvalue weighted by Gasteiger charge is -2.30. The lowest BCUT2D eigenvalue weighted by molar-refractivity contribution is -0.126. The monoisotopic (exact) mass is 326 g/mol. The zero-order valence-electron chi connectivity index (χ0n) is 13.7. The molecule has 3 rings (SSSR count). The van der Waals surface area contributed by atoms with E-state index in [4.69, 9.17) is 0 Å². The van der Waals surface area contributed by atoms with Gasteiger partial charge < -0.3 is 15.2 Å². The van der Waals surface area contributed by atoms with Crippen molar-refractivity contribution in [2.45, 2.75) is 44.8 Å². The smallest absolute Gasteiger partial charge is 0.226 e. The van der Waals surface area contributed by atoms with Gasteiger partial charge in [0.15, 0.2) is 0 Å². The molecule has 2 aromatic rings. The maximum atomic E-state index is 12.3. The summed E-state index contributed by atoms with van der Waals surface area (Å²) < 4.78 is 1.99. The molecule has 126 valence electrons. The Hall–Kier alpha value is -2.63. The van der Waals surface area contributed by atoms with Gasteiger partial charge in [-0.1, -0.05) is 30.3 Å². The van der Waals surface area contributed by atoms with Crippen LogP contribution in [0.15, 0.2) is 42.9 Å². The van der Waals surface area contributed by atoms with Crippen molar-refractivity contribution in [3.05, 3.63) is 54.1 Å². The second-order valence-corrected chi connectivity index (χ2v) is 6.24. The third-order valence-electron chi connectivity index (χ3n) is 4.36. The van der Waals surface area contributed by atoms with E-state index in [1.165, 1.54) is 5.56 Å². The third kappa shape index (κ3) is 4.01. The summed E-state index contributed by atoms with van der Waals surface area (Å²) in [7, 11) is 0. The molecule has 6 heteroatoms. The van der Waals surface area contributed by atoms with Gasteiger partial charge in [-0.3, -0.25) is 9.59 Å². The first-order valence-corrected chi connectivity index (χ1v) is 8.23. The highest BCUT2D eigenvalue weighted by molar-refractivity contribution is 5.80. The average Bonchev–Trinajstić information content (AvgIpc) is 2.98. The number of imidazole rings is 1. The second kappa shape index (κ2) is 7.29. The van der Waals surface area contributed by atoms with E-state index >= 15 is 0 Å². The van der Waals surface area contributed by atoms with Crippen molar-refractivity contribution in [1.82, 2.24) is 20.2 Å². The minimum Gasteiger partial charge on any atom is -0.352 e. The predicted molar refractivity (Wildman–Crippen MR) is 90.2 cm³/mol. The van der Waals surface area contributed by atoms with Crippen LogP contribution in [0.1, 0.15) is 31.0 Å². The Labute approximate surface area is 141 Å². The molecule has 1 saturated heterocycles. The van der Waals surface area contributed by atoms with Crippen LogP contribution >= 0.6 is 0 Å². The molecule has 0 spiro atoms. The zero-order valence-corrected chi connectivity index (χ0v) is 13.7. The molecule has 1 aromatic heterocycles. The Balaban J connectivity index is 1.59. The van der Waals surface area contributed by atoms with E-state index in [9.17, 15) is 9.59 Å². The van der Waals surface area contributed by atoms with Crippen LogP contribution in [0.4, 0.5) is 0 Å². The lowest BCUT2D eigenvalue weighted by atomic mass is 9.99. The fourth-order valence-electron chi connectivity index (χ4n) is 3.00. The highest BCUT2D eigenvalue weighted by Crippen LogP contribution is 2.11. The summed E-state index contributed by atoms with van der Waals surface area (Å²) in [5.74, 6) is 0.00625. The summed E-state index contributed by atoms with van der Waals surface area (Å²) in [6, 6.07) is 10.0. The van der Waals surface area contributed by atoms with E-state index < -0.39 is 0 Å². The van der Waals surface area contributed by atoms with Gasteiger partial charge >= 0.3 is 0 Å². The molecule has 24 heavy (non-hydrogen) atoms. The predicted octanol–water partition coefficient (Wildman–Crippen LogP) is 1.26. The topological polar surface area (TPSA) is 76.0 Å². The number of hydrogen-bond donors (Lipinski definition) is 2. The van der Waals surface area contributed by atoms with Gasteiger partial charge in [0.1, 0.15) is 0 Å². The summed E-state index contributed by atoms with van der Waals surface area (Å²) in [5.41, 5.74) is 2.05. The number of aromatic nitrogens is 2. The Morgan fingerprint density at radius 3 is 2.92 bits per heavy atom. The molecule has 1 aliphatic heterocycles.